The number of piperidine rings is 1. The zero-order valence-corrected chi connectivity index (χ0v) is 15.5. The highest BCUT2D eigenvalue weighted by Gasteiger charge is 2.16. The number of carbonyl (C=O) groups is 1. The van der Waals surface area contributed by atoms with Gasteiger partial charge in [-0.1, -0.05) is 0 Å². The van der Waals surface area contributed by atoms with Crippen molar-refractivity contribution in [2.75, 3.05) is 41.0 Å². The maximum atomic E-state index is 12.1. The van der Waals surface area contributed by atoms with Crippen LogP contribution in [0.25, 0.3) is 0 Å². The molecule has 25 heavy (non-hydrogen) atoms. The van der Waals surface area contributed by atoms with Crippen molar-refractivity contribution in [3.63, 3.8) is 0 Å². The van der Waals surface area contributed by atoms with Crippen LogP contribution >= 0.6 is 0 Å². The Morgan fingerprint density at radius 2 is 1.76 bits per heavy atom. The normalized spacial score (nSPS) is 14.8. The molecule has 1 fully saturated rings. The second-order valence-electron chi connectivity index (χ2n) is 6.34. The van der Waals surface area contributed by atoms with Crippen LogP contribution in [0.2, 0.25) is 0 Å². The second-order valence-corrected chi connectivity index (χ2v) is 6.34. The molecule has 2 rings (SSSR count). The van der Waals surface area contributed by atoms with Crippen molar-refractivity contribution in [3.05, 3.63) is 17.7 Å². The fourth-order valence-corrected chi connectivity index (χ4v) is 3.25. The van der Waals surface area contributed by atoms with Crippen molar-refractivity contribution in [3.8, 4) is 17.2 Å². The Labute approximate surface area is 150 Å². The van der Waals surface area contributed by atoms with Gasteiger partial charge in [0.25, 0.3) is 0 Å². The Hall–Kier alpha value is -1.95. The predicted molar refractivity (Wildman–Crippen MR) is 97.6 cm³/mol. The van der Waals surface area contributed by atoms with Crippen molar-refractivity contribution in [1.29, 1.82) is 0 Å². The van der Waals surface area contributed by atoms with Gasteiger partial charge in [-0.25, -0.2) is 0 Å². The fourth-order valence-electron chi connectivity index (χ4n) is 3.25. The molecule has 6 nitrogen and oxygen atoms in total. The molecule has 1 saturated heterocycles. The molecule has 0 saturated carbocycles. The van der Waals surface area contributed by atoms with Crippen LogP contribution in [0, 0.1) is 5.92 Å². The third-order valence-electron chi connectivity index (χ3n) is 4.75. The van der Waals surface area contributed by atoms with Crippen LogP contribution in [-0.2, 0) is 11.2 Å². The summed E-state index contributed by atoms with van der Waals surface area (Å²) in [6, 6.07) is 3.66. The van der Waals surface area contributed by atoms with E-state index in [9.17, 15) is 4.79 Å². The summed E-state index contributed by atoms with van der Waals surface area (Å²) in [6.45, 7) is 2.71. The first-order valence-electron chi connectivity index (χ1n) is 8.94. The van der Waals surface area contributed by atoms with E-state index < -0.39 is 0 Å². The predicted octanol–water partition coefficient (Wildman–Crippen LogP) is 2.15. The average molecular weight is 350 g/mol. The molecule has 0 atom stereocenters. The summed E-state index contributed by atoms with van der Waals surface area (Å²) < 4.78 is 16.1. The molecular weight excluding hydrogens is 320 g/mol. The summed E-state index contributed by atoms with van der Waals surface area (Å²) in [5.74, 6) is 2.89. The SMILES string of the molecule is COc1cc(OC)c(CCNC(=O)CCC2CCNCC2)c(OC)c1. The van der Waals surface area contributed by atoms with E-state index in [4.69, 9.17) is 14.2 Å². The van der Waals surface area contributed by atoms with Crippen LogP contribution in [0.15, 0.2) is 12.1 Å². The molecule has 140 valence electrons. The van der Waals surface area contributed by atoms with E-state index in [-0.39, 0.29) is 5.91 Å². The molecule has 1 amide bonds. The van der Waals surface area contributed by atoms with Gasteiger partial charge in [0.1, 0.15) is 17.2 Å². The van der Waals surface area contributed by atoms with E-state index in [0.717, 1.165) is 25.1 Å². The smallest absolute Gasteiger partial charge is 0.220 e. The largest absolute Gasteiger partial charge is 0.496 e. The zero-order chi connectivity index (χ0) is 18.1. The van der Waals surface area contributed by atoms with Crippen molar-refractivity contribution in [1.82, 2.24) is 10.6 Å². The first kappa shape index (κ1) is 19.4. The minimum Gasteiger partial charge on any atom is -0.496 e. The summed E-state index contributed by atoms with van der Waals surface area (Å²) in [4.78, 5) is 12.1. The van der Waals surface area contributed by atoms with Crippen LogP contribution in [0.4, 0.5) is 0 Å². The van der Waals surface area contributed by atoms with Gasteiger partial charge in [-0.3, -0.25) is 4.79 Å². The Morgan fingerprint density at radius 3 is 2.32 bits per heavy atom. The average Bonchev–Trinajstić information content (AvgIpc) is 2.66. The molecule has 0 spiro atoms. The first-order chi connectivity index (χ1) is 12.2. The molecule has 0 unspecified atom stereocenters. The number of benzene rings is 1. The molecule has 0 radical (unpaired) electrons. The van der Waals surface area contributed by atoms with Crippen LogP contribution in [0.3, 0.4) is 0 Å². The highest BCUT2D eigenvalue weighted by atomic mass is 16.5. The van der Waals surface area contributed by atoms with Crippen LogP contribution in [-0.4, -0.2) is 46.9 Å². The summed E-state index contributed by atoms with van der Waals surface area (Å²) in [5, 5.41) is 6.36. The summed E-state index contributed by atoms with van der Waals surface area (Å²) in [6.07, 6.45) is 4.57. The molecule has 0 bridgehead atoms. The number of amides is 1. The third kappa shape index (κ3) is 5.81. The van der Waals surface area contributed by atoms with E-state index in [2.05, 4.69) is 10.6 Å². The Kier molecular flexibility index (Phi) is 7.85. The van der Waals surface area contributed by atoms with E-state index in [1.54, 1.807) is 21.3 Å². The van der Waals surface area contributed by atoms with E-state index in [0.29, 0.717) is 42.6 Å². The highest BCUT2D eigenvalue weighted by molar-refractivity contribution is 5.75. The quantitative estimate of drug-likeness (QED) is 0.714. The van der Waals surface area contributed by atoms with Crippen molar-refractivity contribution in [2.24, 2.45) is 5.92 Å². The van der Waals surface area contributed by atoms with Crippen molar-refractivity contribution >= 4 is 5.91 Å². The molecule has 0 aliphatic carbocycles. The summed E-state index contributed by atoms with van der Waals surface area (Å²) in [7, 11) is 4.85. The lowest BCUT2D eigenvalue weighted by Crippen LogP contribution is -2.30. The van der Waals surface area contributed by atoms with Gasteiger partial charge in [0, 0.05) is 30.7 Å². The number of hydrogen-bond acceptors (Lipinski definition) is 5. The third-order valence-corrected chi connectivity index (χ3v) is 4.75. The molecule has 6 heteroatoms. The molecule has 1 aromatic rings. The van der Waals surface area contributed by atoms with Gasteiger partial charge in [-0.05, 0) is 44.7 Å². The lowest BCUT2D eigenvalue weighted by molar-refractivity contribution is -0.121. The molecule has 0 aromatic heterocycles. The van der Waals surface area contributed by atoms with E-state index in [1.807, 2.05) is 12.1 Å². The summed E-state index contributed by atoms with van der Waals surface area (Å²) in [5.41, 5.74) is 0.935. The van der Waals surface area contributed by atoms with E-state index >= 15 is 0 Å². The molecule has 1 aliphatic rings. The number of rotatable bonds is 9. The topological polar surface area (TPSA) is 68.8 Å². The lowest BCUT2D eigenvalue weighted by atomic mass is 9.93. The molecule has 2 N–H and O–H groups in total. The van der Waals surface area contributed by atoms with Gasteiger partial charge >= 0.3 is 0 Å². The maximum absolute atomic E-state index is 12.1. The number of carbonyl (C=O) groups excluding carboxylic acids is 1. The van der Waals surface area contributed by atoms with Gasteiger partial charge in [-0.15, -0.1) is 0 Å². The van der Waals surface area contributed by atoms with Crippen molar-refractivity contribution < 1.29 is 19.0 Å². The first-order valence-corrected chi connectivity index (χ1v) is 8.94. The monoisotopic (exact) mass is 350 g/mol. The Balaban J connectivity index is 1.82. The lowest BCUT2D eigenvalue weighted by Gasteiger charge is -2.22. The van der Waals surface area contributed by atoms with Gasteiger partial charge in [0.05, 0.1) is 21.3 Å². The molecule has 1 aliphatic heterocycles. The maximum Gasteiger partial charge on any atom is 0.220 e. The second kappa shape index (κ2) is 10.1. The Morgan fingerprint density at radius 1 is 1.12 bits per heavy atom. The minimum absolute atomic E-state index is 0.116. The summed E-state index contributed by atoms with van der Waals surface area (Å²) >= 11 is 0. The van der Waals surface area contributed by atoms with Crippen LogP contribution < -0.4 is 24.8 Å². The Bertz CT molecular complexity index is 531. The highest BCUT2D eigenvalue weighted by Crippen LogP contribution is 2.34. The van der Waals surface area contributed by atoms with Crippen LogP contribution in [0.5, 0.6) is 17.2 Å². The number of ether oxygens (including phenoxy) is 3. The van der Waals surface area contributed by atoms with Gasteiger partial charge in [0.2, 0.25) is 5.91 Å². The van der Waals surface area contributed by atoms with Gasteiger partial charge in [0.15, 0.2) is 0 Å². The van der Waals surface area contributed by atoms with Gasteiger partial charge in [-0.2, -0.15) is 0 Å². The van der Waals surface area contributed by atoms with Crippen molar-refractivity contribution in [2.45, 2.75) is 32.1 Å². The standard InChI is InChI=1S/C19H30N2O4/c1-23-15-12-17(24-2)16(18(13-15)25-3)8-11-21-19(22)5-4-14-6-9-20-10-7-14/h12-14,20H,4-11H2,1-3H3,(H,21,22). The number of nitrogens with one attached hydrogen (secondary N) is 2. The van der Waals surface area contributed by atoms with Crippen LogP contribution in [0.1, 0.15) is 31.2 Å². The molecule has 1 heterocycles. The van der Waals surface area contributed by atoms with E-state index in [1.165, 1.54) is 12.8 Å². The fraction of sp³-hybridized carbons (Fsp3) is 0.632. The van der Waals surface area contributed by atoms with Gasteiger partial charge < -0.3 is 24.8 Å². The zero-order valence-electron chi connectivity index (χ0n) is 15.5. The minimum atomic E-state index is 0.116. The molecule has 1 aromatic carbocycles. The number of methoxy groups -OCH3 is 3. The number of hydrogen-bond donors (Lipinski definition) is 2. The molecular formula is C19H30N2O4.